The lowest BCUT2D eigenvalue weighted by Gasteiger charge is -2.31. The topological polar surface area (TPSA) is 52.0 Å². The lowest BCUT2D eigenvalue weighted by molar-refractivity contribution is 0.00718. The van der Waals surface area contributed by atoms with E-state index in [-0.39, 0.29) is 5.41 Å². The first-order chi connectivity index (χ1) is 8.48. The Morgan fingerprint density at radius 2 is 2.28 bits per heavy atom. The first-order valence-corrected chi connectivity index (χ1v) is 6.64. The summed E-state index contributed by atoms with van der Waals surface area (Å²) in [5.74, 6) is 0.603. The number of aromatic nitrogens is 3. The van der Waals surface area contributed by atoms with Gasteiger partial charge in [-0.25, -0.2) is 0 Å². The van der Waals surface area contributed by atoms with Gasteiger partial charge in [0, 0.05) is 32.7 Å². The van der Waals surface area contributed by atoms with Gasteiger partial charge in [0.2, 0.25) is 0 Å². The first-order valence-electron chi connectivity index (χ1n) is 6.64. The van der Waals surface area contributed by atoms with Crippen LogP contribution in [0.15, 0.2) is 6.20 Å². The van der Waals surface area contributed by atoms with E-state index in [1.165, 1.54) is 0 Å². The molecule has 2 atom stereocenters. The highest BCUT2D eigenvalue weighted by Gasteiger charge is 2.36. The summed E-state index contributed by atoms with van der Waals surface area (Å²) in [7, 11) is 1.92. The molecule has 5 nitrogen and oxygen atoms in total. The molecule has 1 fully saturated rings. The third kappa shape index (κ3) is 3.09. The molecule has 1 N–H and O–H groups in total. The summed E-state index contributed by atoms with van der Waals surface area (Å²) < 4.78 is 7.68. The highest BCUT2D eigenvalue weighted by atomic mass is 16.5. The van der Waals surface area contributed by atoms with Gasteiger partial charge in [-0.15, -0.1) is 5.10 Å². The predicted octanol–water partition coefficient (Wildman–Crippen LogP) is 1.36. The SMILES string of the molecule is Cn1nncc1CNC[C@H]1CCO[C@@H]1C(C)(C)C. The molecule has 0 amide bonds. The fourth-order valence-corrected chi connectivity index (χ4v) is 2.66. The highest BCUT2D eigenvalue weighted by molar-refractivity contribution is 4.93. The molecule has 2 heterocycles. The van der Waals surface area contributed by atoms with Gasteiger partial charge in [0.05, 0.1) is 18.0 Å². The average molecular weight is 252 g/mol. The first kappa shape index (κ1) is 13.5. The van der Waals surface area contributed by atoms with Gasteiger partial charge < -0.3 is 10.1 Å². The van der Waals surface area contributed by atoms with E-state index in [0.717, 1.165) is 31.8 Å². The van der Waals surface area contributed by atoms with Gasteiger partial charge in [-0.1, -0.05) is 26.0 Å². The Kier molecular flexibility index (Phi) is 4.02. The number of nitrogens with zero attached hydrogens (tertiary/aromatic N) is 3. The standard InChI is InChI=1S/C13H24N4O/c1-13(2,3)12-10(5-6-18-12)7-14-8-11-9-15-16-17(11)4/h9-10,12,14H,5-8H2,1-4H3/t10-,12+/m1/s1. The second-order valence-corrected chi connectivity index (χ2v) is 6.19. The van der Waals surface area contributed by atoms with Crippen LogP contribution in [0.1, 0.15) is 32.9 Å². The number of nitrogens with one attached hydrogen (secondary N) is 1. The van der Waals surface area contributed by atoms with Crippen molar-refractivity contribution in [3.63, 3.8) is 0 Å². The van der Waals surface area contributed by atoms with Crippen LogP contribution in [0.5, 0.6) is 0 Å². The monoisotopic (exact) mass is 252 g/mol. The Balaban J connectivity index is 1.81. The molecule has 0 unspecified atom stereocenters. The van der Waals surface area contributed by atoms with Crippen LogP contribution < -0.4 is 5.32 Å². The molecule has 5 heteroatoms. The molecule has 1 aliphatic rings. The molecule has 1 saturated heterocycles. The van der Waals surface area contributed by atoms with Gasteiger partial charge in [0.1, 0.15) is 0 Å². The summed E-state index contributed by atoms with van der Waals surface area (Å²) in [6, 6.07) is 0. The summed E-state index contributed by atoms with van der Waals surface area (Å²) >= 11 is 0. The molecular formula is C13H24N4O. The van der Waals surface area contributed by atoms with Gasteiger partial charge in [0.25, 0.3) is 0 Å². The van der Waals surface area contributed by atoms with E-state index < -0.39 is 0 Å². The van der Waals surface area contributed by atoms with Crippen molar-refractivity contribution in [3.8, 4) is 0 Å². The van der Waals surface area contributed by atoms with E-state index in [2.05, 4.69) is 36.4 Å². The maximum Gasteiger partial charge on any atom is 0.0738 e. The van der Waals surface area contributed by atoms with E-state index in [1.54, 1.807) is 10.9 Å². The zero-order valence-electron chi connectivity index (χ0n) is 11.8. The van der Waals surface area contributed by atoms with Crippen LogP contribution in [-0.4, -0.2) is 34.2 Å². The van der Waals surface area contributed by atoms with Crippen LogP contribution >= 0.6 is 0 Å². The van der Waals surface area contributed by atoms with E-state index in [0.29, 0.717) is 12.0 Å². The fraction of sp³-hybridized carbons (Fsp3) is 0.846. The Morgan fingerprint density at radius 1 is 1.50 bits per heavy atom. The molecule has 2 rings (SSSR count). The largest absolute Gasteiger partial charge is 0.377 e. The summed E-state index contributed by atoms with van der Waals surface area (Å²) in [4.78, 5) is 0. The van der Waals surface area contributed by atoms with Crippen molar-refractivity contribution in [1.29, 1.82) is 0 Å². The number of hydrogen-bond acceptors (Lipinski definition) is 4. The zero-order chi connectivity index (χ0) is 13.2. The molecule has 18 heavy (non-hydrogen) atoms. The summed E-state index contributed by atoms with van der Waals surface area (Å²) in [6.07, 6.45) is 3.31. The number of hydrogen-bond donors (Lipinski definition) is 1. The van der Waals surface area contributed by atoms with Crippen molar-refractivity contribution in [3.05, 3.63) is 11.9 Å². The normalized spacial score (nSPS) is 24.7. The van der Waals surface area contributed by atoms with Gasteiger partial charge in [-0.2, -0.15) is 0 Å². The van der Waals surface area contributed by atoms with Crippen LogP contribution in [0.4, 0.5) is 0 Å². The van der Waals surface area contributed by atoms with Crippen LogP contribution in [-0.2, 0) is 18.3 Å². The quantitative estimate of drug-likeness (QED) is 0.879. The van der Waals surface area contributed by atoms with Crippen molar-refractivity contribution in [2.24, 2.45) is 18.4 Å². The molecule has 0 bridgehead atoms. The Hall–Kier alpha value is -0.940. The van der Waals surface area contributed by atoms with E-state index in [1.807, 2.05) is 7.05 Å². The summed E-state index contributed by atoms with van der Waals surface area (Å²) in [6.45, 7) is 9.45. The van der Waals surface area contributed by atoms with Gasteiger partial charge in [-0.05, 0) is 11.8 Å². The summed E-state index contributed by atoms with van der Waals surface area (Å²) in [5, 5.41) is 11.3. The second kappa shape index (κ2) is 5.36. The van der Waals surface area contributed by atoms with Gasteiger partial charge >= 0.3 is 0 Å². The number of aryl methyl sites for hydroxylation is 1. The van der Waals surface area contributed by atoms with E-state index >= 15 is 0 Å². The Bertz CT molecular complexity index is 383. The third-order valence-electron chi connectivity index (χ3n) is 3.59. The lowest BCUT2D eigenvalue weighted by Crippen LogP contribution is -2.36. The predicted molar refractivity (Wildman–Crippen MR) is 70.0 cm³/mol. The minimum atomic E-state index is 0.219. The van der Waals surface area contributed by atoms with Crippen molar-refractivity contribution in [2.75, 3.05) is 13.2 Å². The lowest BCUT2D eigenvalue weighted by atomic mass is 9.81. The molecule has 0 aromatic carbocycles. The molecular weight excluding hydrogens is 228 g/mol. The maximum atomic E-state index is 5.87. The van der Waals surface area contributed by atoms with Crippen LogP contribution in [0.2, 0.25) is 0 Å². The van der Waals surface area contributed by atoms with Crippen molar-refractivity contribution in [1.82, 2.24) is 20.3 Å². The minimum absolute atomic E-state index is 0.219. The summed E-state index contributed by atoms with van der Waals surface area (Å²) in [5.41, 5.74) is 1.33. The molecule has 0 spiro atoms. The van der Waals surface area contributed by atoms with Gasteiger partial charge in [0.15, 0.2) is 0 Å². The highest BCUT2D eigenvalue weighted by Crippen LogP contribution is 2.34. The molecule has 1 aromatic rings. The smallest absolute Gasteiger partial charge is 0.0738 e. The fourth-order valence-electron chi connectivity index (χ4n) is 2.66. The van der Waals surface area contributed by atoms with Crippen molar-refractivity contribution >= 4 is 0 Å². The molecule has 1 aliphatic heterocycles. The van der Waals surface area contributed by atoms with E-state index in [4.69, 9.17) is 4.74 Å². The average Bonchev–Trinajstić information content (AvgIpc) is 2.87. The molecule has 0 radical (unpaired) electrons. The van der Waals surface area contributed by atoms with Crippen LogP contribution in [0.25, 0.3) is 0 Å². The van der Waals surface area contributed by atoms with Crippen LogP contribution in [0, 0.1) is 11.3 Å². The van der Waals surface area contributed by atoms with E-state index in [9.17, 15) is 0 Å². The molecule has 1 aromatic heterocycles. The van der Waals surface area contributed by atoms with Crippen molar-refractivity contribution < 1.29 is 4.74 Å². The second-order valence-electron chi connectivity index (χ2n) is 6.19. The third-order valence-corrected chi connectivity index (χ3v) is 3.59. The van der Waals surface area contributed by atoms with Crippen LogP contribution in [0.3, 0.4) is 0 Å². The molecule has 0 aliphatic carbocycles. The minimum Gasteiger partial charge on any atom is -0.377 e. The van der Waals surface area contributed by atoms with Crippen molar-refractivity contribution in [2.45, 2.75) is 39.8 Å². The Morgan fingerprint density at radius 3 is 2.89 bits per heavy atom. The zero-order valence-corrected chi connectivity index (χ0v) is 11.8. The molecule has 0 saturated carbocycles. The number of ether oxygens (including phenoxy) is 1. The Labute approximate surface area is 109 Å². The molecule has 102 valence electrons. The number of rotatable bonds is 4. The maximum absolute atomic E-state index is 5.87. The van der Waals surface area contributed by atoms with Gasteiger partial charge in [-0.3, -0.25) is 4.68 Å².